The fourth-order valence-electron chi connectivity index (χ4n) is 7.46. The Morgan fingerprint density at radius 2 is 1.77 bits per heavy atom. The van der Waals surface area contributed by atoms with Gasteiger partial charge in [-0.3, -0.25) is 14.1 Å². The number of anilines is 1. The molecule has 19 heteroatoms. The maximum absolute atomic E-state index is 15.5. The number of sulfonamides is 1. The van der Waals surface area contributed by atoms with Crippen molar-refractivity contribution in [1.29, 1.82) is 0 Å². The SMILES string of the molecule is C=C1C2c3c(C(F)(F)F)nn(CCNC(Cc4cc(F)cc(F)c4)c4nc(C#CC(O)CC)ccc4-c4ccc(Cl)c5c(NS(C)(=O)=O)nn(C)c45)c3C(F)(F)C12. The van der Waals surface area contributed by atoms with Crippen molar-refractivity contribution in [2.45, 2.75) is 56.5 Å². The number of benzene rings is 2. The van der Waals surface area contributed by atoms with E-state index in [1.165, 1.54) is 10.7 Å². The second kappa shape index (κ2) is 14.5. The number of rotatable bonds is 11. The summed E-state index contributed by atoms with van der Waals surface area (Å²) in [6.45, 7) is 4.50. The predicted octanol–water partition coefficient (Wildman–Crippen LogP) is 7.22. The maximum atomic E-state index is 15.5. The van der Waals surface area contributed by atoms with Crippen molar-refractivity contribution in [2.75, 3.05) is 17.5 Å². The molecule has 4 unspecified atom stereocenters. The number of allylic oxidation sites excluding steroid dienone is 1. The van der Waals surface area contributed by atoms with Gasteiger partial charge in [0.2, 0.25) is 10.0 Å². The summed E-state index contributed by atoms with van der Waals surface area (Å²) in [6.07, 6.45) is -4.95. The summed E-state index contributed by atoms with van der Waals surface area (Å²) in [5.41, 5.74) is -1.22. The third kappa shape index (κ3) is 7.61. The Kier molecular flexibility index (Phi) is 10.2. The number of nitrogens with zero attached hydrogens (tertiary/aromatic N) is 5. The summed E-state index contributed by atoms with van der Waals surface area (Å²) in [5.74, 6) is -2.64. The highest BCUT2D eigenvalue weighted by molar-refractivity contribution is 7.92. The number of aryl methyl sites for hydroxylation is 1. The van der Waals surface area contributed by atoms with Crippen molar-refractivity contribution >= 4 is 38.3 Å². The lowest BCUT2D eigenvalue weighted by molar-refractivity contribution is -0.142. The first kappa shape index (κ1) is 40.2. The lowest BCUT2D eigenvalue weighted by Crippen LogP contribution is -2.30. The number of aliphatic hydroxyl groups is 1. The monoisotopic (exact) mass is 835 g/mol. The van der Waals surface area contributed by atoms with E-state index < -0.39 is 81.2 Å². The van der Waals surface area contributed by atoms with Gasteiger partial charge in [0.15, 0.2) is 11.5 Å². The Balaban J connectivity index is 1.36. The average molecular weight is 836 g/mol. The number of halogens is 8. The normalized spacial score (nSPS) is 18.2. The molecule has 5 aromatic rings. The zero-order chi connectivity index (χ0) is 41.4. The van der Waals surface area contributed by atoms with Crippen LogP contribution in [-0.2, 0) is 42.1 Å². The van der Waals surface area contributed by atoms with Gasteiger partial charge in [0.25, 0.3) is 5.92 Å². The molecule has 3 N–H and O–H groups in total. The van der Waals surface area contributed by atoms with Gasteiger partial charge >= 0.3 is 6.18 Å². The van der Waals surface area contributed by atoms with Crippen molar-refractivity contribution in [3.63, 3.8) is 0 Å². The smallest absolute Gasteiger partial charge is 0.380 e. The molecule has 0 aliphatic heterocycles. The Morgan fingerprint density at radius 3 is 2.42 bits per heavy atom. The molecule has 0 amide bonds. The molecule has 3 aromatic heterocycles. The first-order chi connectivity index (χ1) is 26.7. The minimum atomic E-state index is -5.02. The number of fused-ring (bicyclic) bond motifs is 4. The van der Waals surface area contributed by atoms with Gasteiger partial charge in [0.05, 0.1) is 46.4 Å². The van der Waals surface area contributed by atoms with Gasteiger partial charge in [-0.15, -0.1) is 0 Å². The van der Waals surface area contributed by atoms with E-state index in [4.69, 9.17) is 16.6 Å². The minimum absolute atomic E-state index is 0.00931. The van der Waals surface area contributed by atoms with E-state index in [0.717, 1.165) is 18.4 Å². The highest BCUT2D eigenvalue weighted by Gasteiger charge is 2.70. The molecule has 2 aromatic carbocycles. The number of hydrogen-bond acceptors (Lipinski definition) is 7. The summed E-state index contributed by atoms with van der Waals surface area (Å²) in [4.78, 5) is 4.78. The van der Waals surface area contributed by atoms with Crippen molar-refractivity contribution in [3.05, 3.63) is 105 Å². The Labute approximate surface area is 326 Å². The average Bonchev–Trinajstić information content (AvgIpc) is 3.34. The molecular weight excluding hydrogens is 803 g/mol. The molecule has 57 heavy (non-hydrogen) atoms. The van der Waals surface area contributed by atoms with E-state index in [-0.39, 0.29) is 51.7 Å². The molecule has 10 nitrogen and oxygen atoms in total. The largest absolute Gasteiger partial charge is 0.435 e. The van der Waals surface area contributed by atoms with Crippen LogP contribution in [0.1, 0.15) is 59.2 Å². The molecule has 2 aliphatic rings. The third-order valence-electron chi connectivity index (χ3n) is 9.89. The van der Waals surface area contributed by atoms with E-state index in [2.05, 4.69) is 38.7 Å². The highest BCUT2D eigenvalue weighted by atomic mass is 35.5. The van der Waals surface area contributed by atoms with Gasteiger partial charge in [0.1, 0.15) is 29.1 Å². The predicted molar refractivity (Wildman–Crippen MR) is 198 cm³/mol. The Hall–Kier alpha value is -4.96. The molecule has 0 radical (unpaired) electrons. The van der Waals surface area contributed by atoms with Gasteiger partial charge in [-0.05, 0) is 54.7 Å². The van der Waals surface area contributed by atoms with Gasteiger partial charge in [-0.25, -0.2) is 22.2 Å². The lowest BCUT2D eigenvalue weighted by atomic mass is 9.93. The topological polar surface area (TPSA) is 127 Å². The summed E-state index contributed by atoms with van der Waals surface area (Å²) >= 11 is 6.58. The fourth-order valence-corrected chi connectivity index (χ4v) is 8.20. The summed E-state index contributed by atoms with van der Waals surface area (Å²) in [7, 11) is -2.26. The molecular formula is C38H33ClF7N7O3S. The number of pyridine rings is 1. The summed E-state index contributed by atoms with van der Waals surface area (Å²) in [5, 5.41) is 21.6. The maximum Gasteiger partial charge on any atom is 0.435 e. The molecule has 3 heterocycles. The summed E-state index contributed by atoms with van der Waals surface area (Å²) < 4.78 is 131. The van der Waals surface area contributed by atoms with Crippen molar-refractivity contribution in [2.24, 2.45) is 13.0 Å². The second-order valence-corrected chi connectivity index (χ2v) is 16.1. The van der Waals surface area contributed by atoms with Crippen LogP contribution in [0.5, 0.6) is 0 Å². The second-order valence-electron chi connectivity index (χ2n) is 14.0. The van der Waals surface area contributed by atoms with E-state index in [1.807, 2.05) is 0 Å². The third-order valence-corrected chi connectivity index (χ3v) is 10.8. The van der Waals surface area contributed by atoms with Crippen LogP contribution < -0.4 is 10.0 Å². The molecule has 300 valence electrons. The molecule has 7 rings (SSSR count). The fraction of sp³-hybridized carbons (Fsp3) is 0.342. The lowest BCUT2D eigenvalue weighted by Gasteiger charge is -2.23. The zero-order valence-corrected chi connectivity index (χ0v) is 31.9. The molecule has 0 saturated heterocycles. The van der Waals surface area contributed by atoms with E-state index in [9.17, 15) is 35.5 Å². The molecule has 0 bridgehead atoms. The number of alkyl halides is 5. The van der Waals surface area contributed by atoms with Crippen LogP contribution in [-0.4, -0.2) is 57.0 Å². The van der Waals surface area contributed by atoms with Crippen molar-refractivity contribution < 1.29 is 44.3 Å². The molecule has 0 spiro atoms. The van der Waals surface area contributed by atoms with Crippen LogP contribution in [0.4, 0.5) is 36.6 Å². The van der Waals surface area contributed by atoms with E-state index in [0.29, 0.717) is 33.8 Å². The van der Waals surface area contributed by atoms with Gasteiger partial charge in [-0.2, -0.15) is 32.1 Å². The minimum Gasteiger partial charge on any atom is -0.380 e. The van der Waals surface area contributed by atoms with Crippen LogP contribution in [0.2, 0.25) is 5.02 Å². The number of hydrogen-bond donors (Lipinski definition) is 3. The molecule has 2 aliphatic carbocycles. The van der Waals surface area contributed by atoms with Crippen LogP contribution in [0.15, 0.2) is 54.6 Å². The Morgan fingerprint density at radius 1 is 1.09 bits per heavy atom. The number of nitrogens with one attached hydrogen (secondary N) is 2. The van der Waals surface area contributed by atoms with Crippen LogP contribution in [0.3, 0.4) is 0 Å². The summed E-state index contributed by atoms with van der Waals surface area (Å²) in [6, 6.07) is 8.10. The first-order valence-electron chi connectivity index (χ1n) is 17.5. The standard InChI is InChI=1S/C38H33ClF7N7O3S/c1-5-23(54)8-6-22-7-9-24(25-10-11-26(39)29-33(25)52(3)50-36(29)51-57(4,55)56)32(48-22)27(16-19-14-20(40)17-21(41)15-19)47-12-13-53-35-30(34(49-53)38(44,45)46)28-18(2)31(28)37(35,42)43/h7,9-11,14-15,17,23,27-28,31,47,54H,2,5,12-13,16H2,1,3-4H3,(H,50,51). The quantitative estimate of drug-likeness (QED) is 0.0729. The number of aromatic nitrogens is 5. The van der Waals surface area contributed by atoms with Crippen LogP contribution in [0, 0.1) is 29.4 Å². The molecule has 1 fully saturated rings. The molecule has 4 atom stereocenters. The van der Waals surface area contributed by atoms with Crippen LogP contribution in [0.25, 0.3) is 22.0 Å². The van der Waals surface area contributed by atoms with Crippen LogP contribution >= 0.6 is 11.6 Å². The van der Waals surface area contributed by atoms with E-state index in [1.54, 1.807) is 32.2 Å². The van der Waals surface area contributed by atoms with Crippen molar-refractivity contribution in [1.82, 2.24) is 29.9 Å². The number of aliphatic hydroxyl groups excluding tert-OH is 1. The Bertz CT molecular complexity index is 2610. The van der Waals surface area contributed by atoms with Crippen molar-refractivity contribution in [3.8, 4) is 23.0 Å². The first-order valence-corrected chi connectivity index (χ1v) is 19.7. The van der Waals surface area contributed by atoms with E-state index >= 15 is 8.78 Å². The zero-order valence-electron chi connectivity index (χ0n) is 30.3. The van der Waals surface area contributed by atoms with Gasteiger partial charge < -0.3 is 10.4 Å². The van der Waals surface area contributed by atoms with Gasteiger partial charge in [0, 0.05) is 42.3 Å². The molecule has 1 saturated carbocycles. The highest BCUT2D eigenvalue weighted by Crippen LogP contribution is 2.71. The van der Waals surface area contributed by atoms with Gasteiger partial charge in [-0.1, -0.05) is 42.7 Å².